The summed E-state index contributed by atoms with van der Waals surface area (Å²) in [7, 11) is 0. The Balaban J connectivity index is 0.675. The number of benzene rings is 3. The second-order valence-corrected chi connectivity index (χ2v) is 21.8. The number of piperidine rings is 1. The molecule has 5 saturated heterocycles. The summed E-state index contributed by atoms with van der Waals surface area (Å²) in [6.07, 6.45) is 7.01. The Labute approximate surface area is 433 Å². The first-order chi connectivity index (χ1) is 36.0. The number of carbonyl (C=O) groups excluding carboxylic acids is 2. The Hall–Kier alpha value is -6.76. The van der Waals surface area contributed by atoms with Gasteiger partial charge in [0.25, 0.3) is 0 Å². The van der Waals surface area contributed by atoms with Crippen LogP contribution in [0.25, 0.3) is 43.4 Å². The average molecular weight is 1020 g/mol. The largest absolute Gasteiger partial charge is 0.508 e. The summed E-state index contributed by atoms with van der Waals surface area (Å²) in [4.78, 5) is 55.8. The number of aryl methyl sites for hydroxylation is 2. The molecule has 18 heteroatoms. The molecule has 7 aromatic rings. The van der Waals surface area contributed by atoms with E-state index in [4.69, 9.17) is 24.2 Å². The van der Waals surface area contributed by atoms with Crippen LogP contribution in [0, 0.1) is 24.6 Å². The summed E-state index contributed by atoms with van der Waals surface area (Å²) in [5.41, 5.74) is 6.78. The van der Waals surface area contributed by atoms with Gasteiger partial charge in [-0.05, 0) is 110 Å². The van der Waals surface area contributed by atoms with Crippen LogP contribution in [0.15, 0.2) is 76.9 Å². The van der Waals surface area contributed by atoms with Gasteiger partial charge < -0.3 is 39.7 Å². The monoisotopic (exact) mass is 1020 g/mol. The van der Waals surface area contributed by atoms with Gasteiger partial charge in [-0.25, -0.2) is 9.37 Å². The third-order valence-corrected chi connectivity index (χ3v) is 17.2. The average Bonchev–Trinajstić information content (AvgIpc) is 4.28. The van der Waals surface area contributed by atoms with Crippen molar-refractivity contribution in [3.05, 3.63) is 101 Å². The van der Waals surface area contributed by atoms with Gasteiger partial charge in [0.1, 0.15) is 41.2 Å². The molecule has 0 aliphatic carbocycles. The first-order valence-corrected chi connectivity index (χ1v) is 27.2. The van der Waals surface area contributed by atoms with E-state index in [2.05, 4.69) is 54.5 Å². The van der Waals surface area contributed by atoms with Gasteiger partial charge in [-0.15, -0.1) is 11.3 Å². The molecule has 74 heavy (non-hydrogen) atoms. The highest BCUT2D eigenvalue weighted by Gasteiger charge is 2.40. The van der Waals surface area contributed by atoms with E-state index in [0.29, 0.717) is 72.6 Å². The van der Waals surface area contributed by atoms with Crippen LogP contribution in [0.2, 0.25) is 0 Å². The zero-order chi connectivity index (χ0) is 50.6. The summed E-state index contributed by atoms with van der Waals surface area (Å²) < 4.78 is 29.3. The molecule has 4 aromatic heterocycles. The lowest BCUT2D eigenvalue weighted by Crippen LogP contribution is -2.51. The first-order valence-electron chi connectivity index (χ1n) is 26.3. The molecule has 16 nitrogen and oxygen atoms in total. The molecule has 6 unspecified atom stereocenters. The number of nitrogens with one attached hydrogen (secondary N) is 2. The molecule has 0 radical (unpaired) electrons. The van der Waals surface area contributed by atoms with Gasteiger partial charge in [0, 0.05) is 75.7 Å². The van der Waals surface area contributed by atoms with Crippen LogP contribution < -0.4 is 25.2 Å². The topological polar surface area (TPSA) is 178 Å². The number of piperazine rings is 1. The van der Waals surface area contributed by atoms with Crippen molar-refractivity contribution in [3.63, 3.8) is 0 Å². The lowest BCUT2D eigenvalue weighted by molar-refractivity contribution is -0.138. The zero-order valence-corrected chi connectivity index (χ0v) is 42.9. The number of phenolic OH excluding ortho intramolecular Hbond substituents is 1. The van der Waals surface area contributed by atoms with Gasteiger partial charge in [0.05, 0.1) is 33.9 Å². The zero-order valence-electron chi connectivity index (χ0n) is 42.1. The second kappa shape index (κ2) is 20.2. The summed E-state index contributed by atoms with van der Waals surface area (Å²) >= 11 is 1.61. The summed E-state index contributed by atoms with van der Waals surface area (Å²) in [5.74, 6) is 1.92. The van der Waals surface area contributed by atoms with E-state index in [0.717, 1.165) is 115 Å². The Morgan fingerprint density at radius 2 is 1.78 bits per heavy atom. The molecular formula is C56H62FN11O5S. The molecule has 5 aliphatic rings. The molecule has 3 aromatic carbocycles. The van der Waals surface area contributed by atoms with Crippen LogP contribution in [0.4, 0.5) is 16.0 Å². The fourth-order valence-electron chi connectivity index (χ4n) is 12.4. The molecule has 12 rings (SSSR count). The van der Waals surface area contributed by atoms with Crippen LogP contribution in [0.3, 0.4) is 0 Å². The van der Waals surface area contributed by atoms with E-state index in [9.17, 15) is 14.7 Å². The maximum atomic E-state index is 17.1. The van der Waals surface area contributed by atoms with Gasteiger partial charge in [0.15, 0.2) is 11.6 Å². The fourth-order valence-corrected chi connectivity index (χ4v) is 13.2. The van der Waals surface area contributed by atoms with Gasteiger partial charge >= 0.3 is 6.01 Å². The number of halogens is 1. The van der Waals surface area contributed by atoms with E-state index in [1.54, 1.807) is 34.6 Å². The molecule has 2 amide bonds. The lowest BCUT2D eigenvalue weighted by atomic mass is 9.89. The van der Waals surface area contributed by atoms with Gasteiger partial charge in [0.2, 0.25) is 11.8 Å². The number of thiazole rings is 1. The highest BCUT2D eigenvalue weighted by Crippen LogP contribution is 2.40. The Morgan fingerprint density at radius 1 is 0.959 bits per heavy atom. The smallest absolute Gasteiger partial charge is 0.319 e. The molecule has 3 N–H and O–H groups in total. The highest BCUT2D eigenvalue weighted by atomic mass is 32.1. The number of ether oxygens (including phenoxy) is 1. The van der Waals surface area contributed by atoms with Crippen molar-refractivity contribution in [2.75, 3.05) is 68.8 Å². The van der Waals surface area contributed by atoms with Crippen molar-refractivity contribution in [1.29, 1.82) is 0 Å². The van der Waals surface area contributed by atoms with E-state index in [-0.39, 0.29) is 47.2 Å². The normalized spacial score (nSPS) is 22.2. The molecule has 0 saturated carbocycles. The maximum Gasteiger partial charge on any atom is 0.319 e. The van der Waals surface area contributed by atoms with Gasteiger partial charge in [-0.2, -0.15) is 9.97 Å². The predicted molar refractivity (Wildman–Crippen MR) is 283 cm³/mol. The Bertz CT molecular complexity index is 3230. The number of phenols is 1. The minimum absolute atomic E-state index is 0.0389. The molecule has 5 fully saturated rings. The number of pyridine rings is 1. The van der Waals surface area contributed by atoms with E-state index < -0.39 is 11.9 Å². The molecule has 5 aliphatic heterocycles. The van der Waals surface area contributed by atoms with Crippen molar-refractivity contribution in [2.45, 2.75) is 89.9 Å². The number of hydrogen-bond acceptors (Lipinski definition) is 15. The maximum absolute atomic E-state index is 17.1. The lowest BCUT2D eigenvalue weighted by Gasteiger charge is -2.34. The van der Waals surface area contributed by atoms with Crippen LogP contribution in [-0.2, 0) is 22.4 Å². The molecular weight excluding hydrogens is 958 g/mol. The highest BCUT2D eigenvalue weighted by molar-refractivity contribution is 7.13. The Morgan fingerprint density at radius 3 is 2.58 bits per heavy atom. The summed E-state index contributed by atoms with van der Waals surface area (Å²) in [5, 5.41) is 24.2. The molecule has 9 heterocycles. The third-order valence-electron chi connectivity index (χ3n) is 16.2. The minimum Gasteiger partial charge on any atom is -0.508 e. The van der Waals surface area contributed by atoms with Gasteiger partial charge in [-0.3, -0.25) is 19.5 Å². The SMILES string of the molecule is CCc1cccc2cc(O)cc(-c3ncc4c(N5CC6CCC(C5)N6)nc(OCCN5CCC6CN(c7cc(CC(=O)N8CCCC8C(=O)NC(C)c8ccc(-c9scnc9C)cc8)on7)CC6C5)nc4c3F)c12. The predicted octanol–water partition coefficient (Wildman–Crippen LogP) is 7.86. The van der Waals surface area contributed by atoms with Gasteiger partial charge in [-0.1, -0.05) is 54.5 Å². The molecule has 6 atom stereocenters. The van der Waals surface area contributed by atoms with E-state index >= 15 is 4.39 Å². The summed E-state index contributed by atoms with van der Waals surface area (Å²) in [6, 6.07) is 19.3. The van der Waals surface area contributed by atoms with Crippen LogP contribution in [0.1, 0.15) is 74.6 Å². The van der Waals surface area contributed by atoms with Crippen molar-refractivity contribution in [1.82, 2.24) is 45.5 Å². The van der Waals surface area contributed by atoms with E-state index in [1.165, 1.54) is 0 Å². The number of rotatable bonds is 14. The van der Waals surface area contributed by atoms with Crippen LogP contribution >= 0.6 is 11.3 Å². The third kappa shape index (κ3) is 9.40. The van der Waals surface area contributed by atoms with Crippen LogP contribution in [0.5, 0.6) is 11.8 Å². The van der Waals surface area contributed by atoms with Crippen molar-refractivity contribution < 1.29 is 28.3 Å². The Kier molecular flexibility index (Phi) is 13.1. The van der Waals surface area contributed by atoms with Crippen molar-refractivity contribution >= 4 is 56.5 Å². The number of fused-ring (bicyclic) bond motifs is 5. The molecule has 0 spiro atoms. The van der Waals surface area contributed by atoms with Crippen molar-refractivity contribution in [3.8, 4) is 33.5 Å². The number of hydrogen-bond donors (Lipinski definition) is 3. The van der Waals surface area contributed by atoms with Crippen molar-refractivity contribution in [2.24, 2.45) is 11.8 Å². The number of aromatic hydroxyl groups is 1. The first kappa shape index (κ1) is 48.2. The number of aromatic nitrogens is 5. The van der Waals surface area contributed by atoms with E-state index in [1.807, 2.05) is 55.8 Å². The molecule has 384 valence electrons. The number of likely N-dealkylation sites (tertiary alicyclic amines) is 2. The number of nitrogens with zero attached hydrogens (tertiary/aromatic N) is 9. The number of carbonyl (C=O) groups is 2. The van der Waals surface area contributed by atoms with Crippen LogP contribution in [-0.4, -0.2) is 129 Å². The summed E-state index contributed by atoms with van der Waals surface area (Å²) in [6.45, 7) is 12.5. The standard InChI is InChI=1S/C56H62FN11O5S/c1-4-34-7-5-8-37-21-42(69)22-44(49(34)37)51-50(57)52-45(25-58-51)54(67-29-40-14-15-41(30-67)61-40)63-56(62-52)72-20-19-65-18-16-38-27-66(28-39(38)26-65)47-23-43(73-64-47)24-48(70)68-17-6-9-46(68)55(71)60-32(2)35-10-12-36(13-11-35)53-33(3)59-31-74-53/h5,7-8,10-13,21-23,25,31-32,38-41,46,61,69H,4,6,9,14-20,24,26-30H2,1-3H3,(H,60,71). The molecule has 2 bridgehead atoms. The minimum atomic E-state index is -0.572. The number of amides is 2. The quantitative estimate of drug-likeness (QED) is 0.0959. The number of anilines is 2. The second-order valence-electron chi connectivity index (χ2n) is 21.0. The fraction of sp³-hybridized carbons (Fsp3) is 0.446.